The Hall–Kier alpha value is -0.550. The molecule has 5 heteroatoms. The van der Waals surface area contributed by atoms with Crippen LogP contribution in [0, 0.1) is 0 Å². The molecule has 2 heterocycles. The van der Waals surface area contributed by atoms with Gasteiger partial charge >= 0.3 is 0 Å². The van der Waals surface area contributed by atoms with E-state index < -0.39 is 0 Å². The maximum Gasteiger partial charge on any atom is 0.0964 e. The highest BCUT2D eigenvalue weighted by atomic mass is 32.2. The average Bonchev–Trinajstić information content (AvgIpc) is 2.77. The molecule has 1 aliphatic heterocycles. The Balaban J connectivity index is 1.67. The maximum atomic E-state index is 4.02. The van der Waals surface area contributed by atoms with Gasteiger partial charge < -0.3 is 5.32 Å². The van der Waals surface area contributed by atoms with E-state index in [9.17, 15) is 0 Å². The second kappa shape index (κ2) is 4.79. The van der Waals surface area contributed by atoms with Gasteiger partial charge in [-0.3, -0.25) is 4.68 Å². The van der Waals surface area contributed by atoms with E-state index in [1.165, 1.54) is 18.6 Å². The first-order valence-electron chi connectivity index (χ1n) is 5.02. The zero-order chi connectivity index (χ0) is 9.80. The largest absolute Gasteiger partial charge is 0.310 e. The van der Waals surface area contributed by atoms with Gasteiger partial charge in [0.05, 0.1) is 5.69 Å². The number of rotatable bonds is 4. The van der Waals surface area contributed by atoms with Crippen LogP contribution in [0.5, 0.6) is 0 Å². The van der Waals surface area contributed by atoms with Gasteiger partial charge in [-0.25, -0.2) is 0 Å². The van der Waals surface area contributed by atoms with Gasteiger partial charge in [-0.1, -0.05) is 5.21 Å². The molecule has 1 saturated heterocycles. The van der Waals surface area contributed by atoms with Crippen molar-refractivity contribution in [2.24, 2.45) is 7.05 Å². The number of hydrogen-bond donors (Lipinski definition) is 1. The Morgan fingerprint density at radius 2 is 2.64 bits per heavy atom. The highest BCUT2D eigenvalue weighted by Crippen LogP contribution is 2.25. The van der Waals surface area contributed by atoms with Crippen LogP contribution in [0.4, 0.5) is 0 Å². The third-order valence-electron chi connectivity index (χ3n) is 2.35. The summed E-state index contributed by atoms with van der Waals surface area (Å²) in [5.74, 6) is 1.33. The van der Waals surface area contributed by atoms with E-state index in [4.69, 9.17) is 0 Å². The molecule has 0 aromatic carbocycles. The zero-order valence-electron chi connectivity index (χ0n) is 8.44. The van der Waals surface area contributed by atoms with Crippen LogP contribution in [0.3, 0.4) is 0 Å². The van der Waals surface area contributed by atoms with Gasteiger partial charge in [0.2, 0.25) is 0 Å². The van der Waals surface area contributed by atoms with Crippen molar-refractivity contribution in [2.45, 2.75) is 24.6 Å². The molecule has 1 fully saturated rings. The lowest BCUT2D eigenvalue weighted by molar-refractivity contribution is 0.636. The maximum absolute atomic E-state index is 4.02. The number of hydrogen-bond acceptors (Lipinski definition) is 4. The van der Waals surface area contributed by atoms with Gasteiger partial charge in [-0.15, -0.1) is 5.10 Å². The monoisotopic (exact) mass is 212 g/mol. The standard InChI is InChI=1S/C9H16N4S/c1-13-7-8(11-12-13)5-10-6-9-3-2-4-14-9/h7,9-10H,2-6H2,1H3. The Morgan fingerprint density at radius 3 is 3.29 bits per heavy atom. The van der Waals surface area contributed by atoms with Crippen molar-refractivity contribution in [3.8, 4) is 0 Å². The molecule has 14 heavy (non-hydrogen) atoms. The number of aryl methyl sites for hydroxylation is 1. The highest BCUT2D eigenvalue weighted by Gasteiger charge is 2.14. The molecule has 0 radical (unpaired) electrons. The van der Waals surface area contributed by atoms with Gasteiger partial charge in [0.25, 0.3) is 0 Å². The van der Waals surface area contributed by atoms with E-state index in [2.05, 4.69) is 27.4 Å². The molecule has 0 amide bonds. The van der Waals surface area contributed by atoms with Crippen molar-refractivity contribution >= 4 is 11.8 Å². The molecule has 1 aromatic rings. The summed E-state index contributed by atoms with van der Waals surface area (Å²) in [5, 5.41) is 12.1. The van der Waals surface area contributed by atoms with Crippen LogP contribution in [0.2, 0.25) is 0 Å². The molecule has 1 N–H and O–H groups in total. The van der Waals surface area contributed by atoms with Crippen LogP contribution in [-0.4, -0.2) is 32.5 Å². The molecule has 0 saturated carbocycles. The summed E-state index contributed by atoms with van der Waals surface area (Å²) in [7, 11) is 1.89. The first-order chi connectivity index (χ1) is 6.84. The minimum Gasteiger partial charge on any atom is -0.310 e. The van der Waals surface area contributed by atoms with E-state index in [0.29, 0.717) is 0 Å². The van der Waals surface area contributed by atoms with E-state index in [0.717, 1.165) is 24.0 Å². The molecule has 1 aliphatic rings. The molecule has 4 nitrogen and oxygen atoms in total. The van der Waals surface area contributed by atoms with Crippen molar-refractivity contribution in [3.63, 3.8) is 0 Å². The van der Waals surface area contributed by atoms with Crippen molar-refractivity contribution in [3.05, 3.63) is 11.9 Å². The van der Waals surface area contributed by atoms with Crippen LogP contribution >= 0.6 is 11.8 Å². The number of nitrogens with zero attached hydrogens (tertiary/aromatic N) is 3. The summed E-state index contributed by atoms with van der Waals surface area (Å²) in [6, 6.07) is 0. The third-order valence-corrected chi connectivity index (χ3v) is 3.75. The number of aromatic nitrogens is 3. The van der Waals surface area contributed by atoms with Gasteiger partial charge in [-0.05, 0) is 18.6 Å². The van der Waals surface area contributed by atoms with Crippen LogP contribution in [-0.2, 0) is 13.6 Å². The van der Waals surface area contributed by atoms with Crippen molar-refractivity contribution in [2.75, 3.05) is 12.3 Å². The molecule has 1 atom stereocenters. The summed E-state index contributed by atoms with van der Waals surface area (Å²) in [6.45, 7) is 1.94. The first kappa shape index (κ1) is 9.98. The van der Waals surface area contributed by atoms with Crippen LogP contribution in [0.15, 0.2) is 6.20 Å². The summed E-state index contributed by atoms with van der Waals surface area (Å²) >= 11 is 2.08. The first-order valence-corrected chi connectivity index (χ1v) is 6.07. The lowest BCUT2D eigenvalue weighted by atomic mass is 10.2. The molecule has 1 unspecified atom stereocenters. The second-order valence-corrected chi connectivity index (χ2v) is 5.06. The minimum atomic E-state index is 0.812. The van der Waals surface area contributed by atoms with Gasteiger partial charge in [0, 0.05) is 31.6 Å². The van der Waals surface area contributed by atoms with Gasteiger partial charge in [0.15, 0.2) is 0 Å². The van der Waals surface area contributed by atoms with Crippen LogP contribution < -0.4 is 5.32 Å². The Bertz CT molecular complexity index is 280. The number of thioether (sulfide) groups is 1. The summed E-state index contributed by atoms with van der Waals surface area (Å²) in [5.41, 5.74) is 1.02. The predicted molar refractivity (Wildman–Crippen MR) is 58.2 cm³/mol. The Kier molecular flexibility index (Phi) is 3.42. The molecular weight excluding hydrogens is 196 g/mol. The average molecular weight is 212 g/mol. The molecule has 0 aliphatic carbocycles. The minimum absolute atomic E-state index is 0.812. The van der Waals surface area contributed by atoms with Crippen molar-refractivity contribution in [1.82, 2.24) is 20.3 Å². The zero-order valence-corrected chi connectivity index (χ0v) is 9.26. The third kappa shape index (κ3) is 2.72. The Morgan fingerprint density at radius 1 is 1.71 bits per heavy atom. The van der Waals surface area contributed by atoms with E-state index in [-0.39, 0.29) is 0 Å². The predicted octanol–water partition coefficient (Wildman–Crippen LogP) is 0.800. The summed E-state index contributed by atoms with van der Waals surface area (Å²) in [4.78, 5) is 0. The molecule has 1 aromatic heterocycles. The van der Waals surface area contributed by atoms with Crippen molar-refractivity contribution in [1.29, 1.82) is 0 Å². The fraction of sp³-hybridized carbons (Fsp3) is 0.778. The SMILES string of the molecule is Cn1cc(CNCC2CCCS2)nn1. The van der Waals surface area contributed by atoms with E-state index >= 15 is 0 Å². The molecular formula is C9H16N4S. The smallest absolute Gasteiger partial charge is 0.0964 e. The van der Waals surface area contributed by atoms with Gasteiger partial charge in [0.1, 0.15) is 0 Å². The summed E-state index contributed by atoms with van der Waals surface area (Å²) < 4.78 is 1.74. The lowest BCUT2D eigenvalue weighted by Gasteiger charge is -2.08. The van der Waals surface area contributed by atoms with Crippen LogP contribution in [0.25, 0.3) is 0 Å². The molecule has 2 rings (SSSR count). The normalized spacial score (nSPS) is 21.6. The quantitative estimate of drug-likeness (QED) is 0.801. The topological polar surface area (TPSA) is 42.7 Å². The van der Waals surface area contributed by atoms with Crippen LogP contribution in [0.1, 0.15) is 18.5 Å². The van der Waals surface area contributed by atoms with Gasteiger partial charge in [-0.2, -0.15) is 11.8 Å². The number of nitrogens with one attached hydrogen (secondary N) is 1. The molecule has 78 valence electrons. The molecule has 0 spiro atoms. The van der Waals surface area contributed by atoms with E-state index in [1.807, 2.05) is 13.2 Å². The fourth-order valence-corrected chi connectivity index (χ4v) is 2.88. The second-order valence-electron chi connectivity index (χ2n) is 3.65. The molecule has 0 bridgehead atoms. The summed E-state index contributed by atoms with van der Waals surface area (Å²) in [6.07, 6.45) is 4.69. The Labute approximate surface area is 88.4 Å². The highest BCUT2D eigenvalue weighted by molar-refractivity contribution is 8.00. The lowest BCUT2D eigenvalue weighted by Crippen LogP contribution is -2.22. The fourth-order valence-electron chi connectivity index (χ4n) is 1.64. The van der Waals surface area contributed by atoms with Crippen molar-refractivity contribution < 1.29 is 0 Å². The van der Waals surface area contributed by atoms with E-state index in [1.54, 1.807) is 4.68 Å².